The summed E-state index contributed by atoms with van der Waals surface area (Å²) in [5.41, 5.74) is 0.700. The summed E-state index contributed by atoms with van der Waals surface area (Å²) in [5.74, 6) is 1.47. The van der Waals surface area contributed by atoms with Gasteiger partial charge >= 0.3 is 5.97 Å². The largest absolute Gasteiger partial charge is 0.497 e. The van der Waals surface area contributed by atoms with Gasteiger partial charge in [-0.25, -0.2) is 0 Å². The summed E-state index contributed by atoms with van der Waals surface area (Å²) in [6.45, 7) is 4.43. The van der Waals surface area contributed by atoms with Crippen LogP contribution in [0.25, 0.3) is 11.5 Å². The van der Waals surface area contributed by atoms with Crippen molar-refractivity contribution in [1.29, 1.82) is 0 Å². The Kier molecular flexibility index (Phi) is 6.69. The van der Waals surface area contributed by atoms with Gasteiger partial charge in [-0.15, -0.1) is 5.10 Å². The van der Waals surface area contributed by atoms with Gasteiger partial charge in [0.25, 0.3) is 10.7 Å². The number of nitrogens with one attached hydrogen (secondary N) is 1. The van der Waals surface area contributed by atoms with Crippen molar-refractivity contribution in [2.75, 3.05) is 33.9 Å². The molecule has 2 aromatic rings. The van der Waals surface area contributed by atoms with Crippen LogP contribution in [0.1, 0.15) is 19.8 Å². The zero-order chi connectivity index (χ0) is 20.1. The molecule has 28 heavy (non-hydrogen) atoms. The molecular weight excluding hydrogens is 382 g/mol. The number of benzene rings is 1. The van der Waals surface area contributed by atoms with Gasteiger partial charge < -0.3 is 23.5 Å². The molecule has 2 heterocycles. The van der Waals surface area contributed by atoms with E-state index >= 15 is 0 Å². The second kappa shape index (κ2) is 9.20. The van der Waals surface area contributed by atoms with Gasteiger partial charge in [0.15, 0.2) is 6.67 Å². The van der Waals surface area contributed by atoms with Crippen molar-refractivity contribution in [2.24, 2.45) is 5.92 Å². The Morgan fingerprint density at radius 2 is 2.21 bits per heavy atom. The van der Waals surface area contributed by atoms with E-state index in [2.05, 4.69) is 5.10 Å². The third kappa shape index (κ3) is 4.53. The summed E-state index contributed by atoms with van der Waals surface area (Å²) in [6.07, 6.45) is 1.82. The molecule has 0 amide bonds. The van der Waals surface area contributed by atoms with E-state index in [4.69, 9.17) is 30.8 Å². The molecule has 8 nitrogen and oxygen atoms in total. The minimum Gasteiger partial charge on any atom is -0.497 e. The second-order valence-corrected chi connectivity index (χ2v) is 7.04. The van der Waals surface area contributed by atoms with Crippen LogP contribution in [-0.2, 0) is 16.2 Å². The topological polar surface area (TPSA) is 80.2 Å². The molecule has 0 bridgehead atoms. The second-order valence-electron chi connectivity index (χ2n) is 6.69. The third-order valence-corrected chi connectivity index (χ3v) is 5.15. The van der Waals surface area contributed by atoms with E-state index in [1.807, 2.05) is 19.1 Å². The maximum absolute atomic E-state index is 12.1. The number of quaternary nitrogens is 1. The number of carbonyl (C=O) groups excluding carboxylic acids is 1. The molecule has 1 aliphatic heterocycles. The fraction of sp³-hybridized carbons (Fsp3) is 0.526. The number of hydrogen-bond acceptors (Lipinski definition) is 7. The standard InChI is InChI=1S/C19H25N3O5S/c1-4-26-18(23)13-6-5-9-21(11-13)12-22-19(28)27-17(20-22)15-8-7-14(24-2)10-16(15)25-3/h7-8,10,13H,4-6,9,11-12H2,1-3H3/p+1/t13-/m1/s1. The number of hydrogen-bond donors (Lipinski definition) is 1. The van der Waals surface area contributed by atoms with Crippen molar-refractivity contribution in [3.05, 3.63) is 23.0 Å². The van der Waals surface area contributed by atoms with E-state index in [9.17, 15) is 4.79 Å². The summed E-state index contributed by atoms with van der Waals surface area (Å²) in [5, 5.41) is 4.53. The molecule has 1 aromatic carbocycles. The minimum absolute atomic E-state index is 0.0778. The van der Waals surface area contributed by atoms with E-state index in [1.165, 1.54) is 4.90 Å². The first-order chi connectivity index (χ1) is 13.5. The summed E-state index contributed by atoms with van der Waals surface area (Å²) in [7, 11) is 3.18. The molecule has 0 saturated carbocycles. The third-order valence-electron chi connectivity index (χ3n) is 4.86. The maximum Gasteiger partial charge on any atom is 0.314 e. The summed E-state index contributed by atoms with van der Waals surface area (Å²) in [6, 6.07) is 5.41. The molecule has 152 valence electrons. The maximum atomic E-state index is 12.1. The van der Waals surface area contributed by atoms with Gasteiger partial charge in [-0.1, -0.05) is 0 Å². The predicted octanol–water partition coefficient (Wildman–Crippen LogP) is 1.71. The number of nitrogens with zero attached hydrogens (tertiary/aromatic N) is 2. The van der Waals surface area contributed by atoms with Crippen molar-refractivity contribution in [2.45, 2.75) is 26.4 Å². The van der Waals surface area contributed by atoms with Crippen molar-refractivity contribution in [1.82, 2.24) is 9.78 Å². The zero-order valence-electron chi connectivity index (χ0n) is 16.4. The van der Waals surface area contributed by atoms with Gasteiger partial charge in [-0.05, 0) is 44.1 Å². The van der Waals surface area contributed by atoms with Crippen LogP contribution in [0.15, 0.2) is 22.6 Å². The Morgan fingerprint density at radius 3 is 2.93 bits per heavy atom. The zero-order valence-corrected chi connectivity index (χ0v) is 17.2. The Hall–Kier alpha value is -2.39. The van der Waals surface area contributed by atoms with Crippen molar-refractivity contribution >= 4 is 18.2 Å². The van der Waals surface area contributed by atoms with E-state index in [0.717, 1.165) is 19.4 Å². The molecule has 9 heteroatoms. The number of methoxy groups -OCH3 is 2. The SMILES string of the molecule is CCOC(=O)[C@@H]1CCC[NH+](Cn2nc(-c3ccc(OC)cc3OC)oc2=S)C1. The highest BCUT2D eigenvalue weighted by atomic mass is 32.1. The average molecular weight is 409 g/mol. The molecular formula is C19H26N3O5S+. The van der Waals surface area contributed by atoms with Gasteiger partial charge in [-0.2, -0.15) is 4.68 Å². The number of ether oxygens (including phenoxy) is 3. The van der Waals surface area contributed by atoms with Crippen molar-refractivity contribution < 1.29 is 28.3 Å². The van der Waals surface area contributed by atoms with Gasteiger partial charge in [-0.3, -0.25) is 4.79 Å². The van der Waals surface area contributed by atoms with Crippen LogP contribution in [0, 0.1) is 10.8 Å². The number of piperidine rings is 1. The number of carbonyl (C=O) groups is 1. The highest BCUT2D eigenvalue weighted by Gasteiger charge is 2.30. The number of rotatable bonds is 7. The molecule has 3 rings (SSSR count). The van der Waals surface area contributed by atoms with Crippen LogP contribution in [-0.4, -0.2) is 49.7 Å². The molecule has 1 unspecified atom stereocenters. The first-order valence-electron chi connectivity index (χ1n) is 9.36. The van der Waals surface area contributed by atoms with Crippen molar-refractivity contribution in [3.8, 4) is 23.0 Å². The lowest BCUT2D eigenvalue weighted by atomic mass is 9.99. The fourth-order valence-electron chi connectivity index (χ4n) is 3.46. The average Bonchev–Trinajstić information content (AvgIpc) is 3.07. The molecule has 0 spiro atoms. The summed E-state index contributed by atoms with van der Waals surface area (Å²) >= 11 is 5.36. The van der Waals surface area contributed by atoms with Crippen LogP contribution in [0.5, 0.6) is 11.5 Å². The highest BCUT2D eigenvalue weighted by Crippen LogP contribution is 2.32. The Balaban J connectivity index is 1.76. The minimum atomic E-state index is -0.118. The molecule has 1 N–H and O–H groups in total. The van der Waals surface area contributed by atoms with Crippen LogP contribution in [0.3, 0.4) is 0 Å². The van der Waals surface area contributed by atoms with E-state index < -0.39 is 0 Å². The monoisotopic (exact) mass is 408 g/mol. The molecule has 1 saturated heterocycles. The lowest BCUT2D eigenvalue weighted by Gasteiger charge is -2.28. The van der Waals surface area contributed by atoms with Crippen LogP contribution < -0.4 is 14.4 Å². The highest BCUT2D eigenvalue weighted by molar-refractivity contribution is 7.71. The first kappa shape index (κ1) is 20.3. The van der Waals surface area contributed by atoms with E-state index in [-0.39, 0.29) is 11.9 Å². The molecule has 2 atom stereocenters. The number of likely N-dealkylation sites (tertiary alicyclic amines) is 1. The lowest BCUT2D eigenvalue weighted by molar-refractivity contribution is -0.930. The molecule has 0 aliphatic carbocycles. The first-order valence-corrected chi connectivity index (χ1v) is 9.77. The molecule has 0 radical (unpaired) electrons. The molecule has 1 aliphatic rings. The lowest BCUT2D eigenvalue weighted by Crippen LogP contribution is -3.13. The van der Waals surface area contributed by atoms with Crippen molar-refractivity contribution in [3.63, 3.8) is 0 Å². The van der Waals surface area contributed by atoms with Crippen LogP contribution >= 0.6 is 12.2 Å². The van der Waals surface area contributed by atoms with Gasteiger partial charge in [0.1, 0.15) is 17.4 Å². The van der Waals surface area contributed by atoms with E-state index in [0.29, 0.717) is 47.6 Å². The van der Waals surface area contributed by atoms with Gasteiger partial charge in [0.05, 0.1) is 39.5 Å². The molecule has 1 fully saturated rings. The molecule has 1 aromatic heterocycles. The van der Waals surface area contributed by atoms with Gasteiger partial charge in [0, 0.05) is 6.07 Å². The van der Waals surface area contributed by atoms with Gasteiger partial charge in [0.2, 0.25) is 0 Å². The number of esters is 1. The number of aromatic nitrogens is 2. The Labute approximate surface area is 169 Å². The summed E-state index contributed by atoms with van der Waals surface area (Å²) in [4.78, 5) is 13.6. The Bertz CT molecular complexity index is 879. The normalized spacial score (nSPS) is 19.2. The summed E-state index contributed by atoms with van der Waals surface area (Å²) < 4.78 is 23.2. The van der Waals surface area contributed by atoms with E-state index in [1.54, 1.807) is 25.0 Å². The van der Waals surface area contributed by atoms with Crippen LogP contribution in [0.4, 0.5) is 0 Å². The quantitative estimate of drug-likeness (QED) is 0.552. The predicted molar refractivity (Wildman–Crippen MR) is 104 cm³/mol. The van der Waals surface area contributed by atoms with Crippen LogP contribution in [0.2, 0.25) is 0 Å². The smallest absolute Gasteiger partial charge is 0.314 e. The fourth-order valence-corrected chi connectivity index (χ4v) is 3.64. The Morgan fingerprint density at radius 1 is 1.39 bits per heavy atom.